The lowest BCUT2D eigenvalue weighted by Gasteiger charge is -2.32. The minimum Gasteiger partial charge on any atom is -0.454 e. The Balaban J connectivity index is 1.78. The van der Waals surface area contributed by atoms with Crippen LogP contribution in [0.1, 0.15) is 43.5 Å². The summed E-state index contributed by atoms with van der Waals surface area (Å²) < 4.78 is 5.18. The number of rotatable bonds is 8. The number of hydrogen-bond donors (Lipinski definition) is 2. The quantitative estimate of drug-likeness (QED) is 0.527. The SMILES string of the molecule is CC(=O)N[C@H]1CC(C)N([C@@H](C[C@@H]2CCNC2=O)C(=O)COC(=O)c2c(Cl)cccc2Cl)C1=O. The average Bonchev–Trinajstić information content (AvgIpc) is 3.26. The molecule has 2 aliphatic heterocycles. The van der Waals surface area contributed by atoms with Gasteiger partial charge in [-0.1, -0.05) is 29.3 Å². The van der Waals surface area contributed by atoms with Crippen LogP contribution in [-0.4, -0.2) is 65.7 Å². The molecule has 0 spiro atoms. The van der Waals surface area contributed by atoms with Crippen LogP contribution < -0.4 is 10.6 Å². The van der Waals surface area contributed by atoms with Crippen molar-refractivity contribution >= 4 is 52.7 Å². The zero-order valence-electron chi connectivity index (χ0n) is 18.2. The number of halogens is 2. The highest BCUT2D eigenvalue weighted by molar-refractivity contribution is 6.39. The van der Waals surface area contributed by atoms with Crippen LogP contribution in [0.15, 0.2) is 18.2 Å². The molecule has 4 atom stereocenters. The summed E-state index contributed by atoms with van der Waals surface area (Å²) in [5.74, 6) is -2.80. The Bertz CT molecular complexity index is 965. The van der Waals surface area contributed by atoms with E-state index in [9.17, 15) is 24.0 Å². The van der Waals surface area contributed by atoms with Crippen LogP contribution in [0.2, 0.25) is 10.0 Å². The molecule has 2 aliphatic rings. The standard InChI is InChI=1S/C22H25Cl2N3O6/c1-11-8-16(26-12(2)28)21(31)27(11)17(9-13-6-7-25-20(13)30)18(29)10-33-22(32)19-14(23)4-3-5-15(19)24/h3-5,11,13,16-17H,6-10H2,1-2H3,(H,25,30)(H,26,28)/t11?,13-,16-,17-/m0/s1. The maximum Gasteiger partial charge on any atom is 0.341 e. The Labute approximate surface area is 201 Å². The normalized spacial score (nSPS) is 23.3. The number of esters is 1. The molecule has 2 N–H and O–H groups in total. The number of hydrogen-bond acceptors (Lipinski definition) is 6. The lowest BCUT2D eigenvalue weighted by atomic mass is 9.94. The summed E-state index contributed by atoms with van der Waals surface area (Å²) in [7, 11) is 0. The Kier molecular flexibility index (Phi) is 7.97. The van der Waals surface area contributed by atoms with E-state index in [0.29, 0.717) is 19.4 Å². The van der Waals surface area contributed by atoms with Gasteiger partial charge in [-0.2, -0.15) is 0 Å². The molecule has 33 heavy (non-hydrogen) atoms. The third kappa shape index (κ3) is 5.65. The zero-order valence-corrected chi connectivity index (χ0v) is 19.7. The number of benzene rings is 1. The minimum atomic E-state index is -0.991. The highest BCUT2D eigenvalue weighted by atomic mass is 35.5. The number of likely N-dealkylation sites (tertiary alicyclic amines) is 1. The van der Waals surface area contributed by atoms with E-state index < -0.39 is 42.3 Å². The van der Waals surface area contributed by atoms with E-state index in [1.807, 2.05) is 0 Å². The Hall–Kier alpha value is -2.65. The lowest BCUT2D eigenvalue weighted by Crippen LogP contribution is -2.50. The molecule has 0 radical (unpaired) electrons. The van der Waals surface area contributed by atoms with Crippen molar-refractivity contribution in [2.75, 3.05) is 13.2 Å². The fraction of sp³-hybridized carbons (Fsp3) is 0.500. The first-order valence-electron chi connectivity index (χ1n) is 10.6. The summed E-state index contributed by atoms with van der Waals surface area (Å²) in [5.41, 5.74) is -0.0586. The van der Waals surface area contributed by atoms with Crippen molar-refractivity contribution in [2.45, 2.75) is 51.2 Å². The Morgan fingerprint density at radius 1 is 1.24 bits per heavy atom. The van der Waals surface area contributed by atoms with Crippen molar-refractivity contribution < 1.29 is 28.7 Å². The molecule has 2 saturated heterocycles. The summed E-state index contributed by atoms with van der Waals surface area (Å²) in [6, 6.07) is 2.41. The second-order valence-corrected chi connectivity index (χ2v) is 9.06. The Morgan fingerprint density at radius 2 is 1.91 bits per heavy atom. The molecule has 9 nitrogen and oxygen atoms in total. The first-order chi connectivity index (χ1) is 15.6. The summed E-state index contributed by atoms with van der Waals surface area (Å²) in [6.45, 7) is 2.94. The molecule has 3 amide bonds. The number of ketones is 1. The molecule has 178 valence electrons. The van der Waals surface area contributed by atoms with Crippen molar-refractivity contribution in [3.63, 3.8) is 0 Å². The molecule has 2 heterocycles. The highest BCUT2D eigenvalue weighted by Crippen LogP contribution is 2.29. The van der Waals surface area contributed by atoms with Crippen LogP contribution >= 0.6 is 23.2 Å². The van der Waals surface area contributed by atoms with Gasteiger partial charge in [-0.3, -0.25) is 19.2 Å². The maximum atomic E-state index is 13.2. The third-order valence-corrected chi connectivity index (χ3v) is 6.50. The second-order valence-electron chi connectivity index (χ2n) is 8.25. The van der Waals surface area contributed by atoms with Gasteiger partial charge in [0.2, 0.25) is 17.7 Å². The van der Waals surface area contributed by atoms with E-state index in [0.717, 1.165) is 0 Å². The van der Waals surface area contributed by atoms with Crippen LogP contribution in [0.5, 0.6) is 0 Å². The van der Waals surface area contributed by atoms with Gasteiger partial charge in [0.05, 0.1) is 21.7 Å². The van der Waals surface area contributed by atoms with Gasteiger partial charge in [-0.05, 0) is 38.3 Å². The lowest BCUT2D eigenvalue weighted by molar-refractivity contribution is -0.142. The average molecular weight is 498 g/mol. The third-order valence-electron chi connectivity index (χ3n) is 5.87. The van der Waals surface area contributed by atoms with Gasteiger partial charge in [0, 0.05) is 25.4 Å². The fourth-order valence-electron chi connectivity index (χ4n) is 4.32. The highest BCUT2D eigenvalue weighted by Gasteiger charge is 2.45. The van der Waals surface area contributed by atoms with E-state index in [-0.39, 0.29) is 39.9 Å². The van der Waals surface area contributed by atoms with Gasteiger partial charge >= 0.3 is 5.97 Å². The molecular weight excluding hydrogens is 473 g/mol. The topological polar surface area (TPSA) is 122 Å². The van der Waals surface area contributed by atoms with Crippen molar-refractivity contribution in [1.29, 1.82) is 0 Å². The van der Waals surface area contributed by atoms with Crippen LogP contribution in [-0.2, 0) is 23.9 Å². The monoisotopic (exact) mass is 497 g/mol. The number of nitrogens with one attached hydrogen (secondary N) is 2. The van der Waals surface area contributed by atoms with Gasteiger partial charge < -0.3 is 20.3 Å². The molecule has 0 aliphatic carbocycles. The maximum absolute atomic E-state index is 13.2. The Morgan fingerprint density at radius 3 is 2.48 bits per heavy atom. The molecule has 1 aromatic rings. The van der Waals surface area contributed by atoms with Crippen LogP contribution in [0.3, 0.4) is 0 Å². The van der Waals surface area contributed by atoms with E-state index in [1.165, 1.54) is 24.0 Å². The van der Waals surface area contributed by atoms with Gasteiger partial charge in [0.25, 0.3) is 0 Å². The molecule has 1 aromatic carbocycles. The zero-order chi connectivity index (χ0) is 24.3. The molecular formula is C22H25Cl2N3O6. The number of amides is 3. The van der Waals surface area contributed by atoms with E-state index in [1.54, 1.807) is 13.0 Å². The number of carbonyl (C=O) groups is 5. The summed E-state index contributed by atoms with van der Waals surface area (Å²) in [5, 5.41) is 5.49. The van der Waals surface area contributed by atoms with E-state index >= 15 is 0 Å². The largest absolute Gasteiger partial charge is 0.454 e. The number of nitrogens with zero attached hydrogens (tertiary/aromatic N) is 1. The van der Waals surface area contributed by atoms with Crippen LogP contribution in [0.4, 0.5) is 0 Å². The summed E-state index contributed by atoms with van der Waals surface area (Å²) >= 11 is 12.1. The molecule has 11 heteroatoms. The van der Waals surface area contributed by atoms with Gasteiger partial charge in [-0.25, -0.2) is 4.79 Å². The van der Waals surface area contributed by atoms with Crippen molar-refractivity contribution in [2.24, 2.45) is 5.92 Å². The van der Waals surface area contributed by atoms with Gasteiger partial charge in [0.1, 0.15) is 6.04 Å². The molecule has 1 unspecified atom stereocenters. The van der Waals surface area contributed by atoms with Crippen molar-refractivity contribution in [3.05, 3.63) is 33.8 Å². The number of Topliss-reactive ketones (excluding diaryl/α,β-unsaturated/α-hetero) is 1. The van der Waals surface area contributed by atoms with Gasteiger partial charge in [-0.15, -0.1) is 0 Å². The molecule has 0 aromatic heterocycles. The summed E-state index contributed by atoms with van der Waals surface area (Å²) in [6.07, 6.45) is 0.954. The number of carbonyl (C=O) groups excluding carboxylic acids is 5. The van der Waals surface area contributed by atoms with E-state index in [4.69, 9.17) is 27.9 Å². The molecule has 2 fully saturated rings. The first kappa shape index (κ1) is 25.0. The summed E-state index contributed by atoms with van der Waals surface area (Å²) in [4.78, 5) is 63.7. The molecule has 0 bridgehead atoms. The van der Waals surface area contributed by atoms with E-state index in [2.05, 4.69) is 10.6 Å². The smallest absolute Gasteiger partial charge is 0.341 e. The van der Waals surface area contributed by atoms with Gasteiger partial charge in [0.15, 0.2) is 12.4 Å². The minimum absolute atomic E-state index is 0.0586. The molecule has 3 rings (SSSR count). The predicted molar refractivity (Wildman–Crippen MR) is 120 cm³/mol. The van der Waals surface area contributed by atoms with Crippen LogP contribution in [0, 0.1) is 5.92 Å². The first-order valence-corrected chi connectivity index (χ1v) is 11.4. The van der Waals surface area contributed by atoms with Crippen molar-refractivity contribution in [1.82, 2.24) is 15.5 Å². The fourth-order valence-corrected chi connectivity index (χ4v) is 4.87. The second kappa shape index (κ2) is 10.5. The molecule has 0 saturated carbocycles. The predicted octanol–water partition coefficient (Wildman–Crippen LogP) is 1.74. The number of ether oxygens (including phenoxy) is 1. The van der Waals surface area contributed by atoms with Crippen LogP contribution in [0.25, 0.3) is 0 Å². The van der Waals surface area contributed by atoms with Crippen molar-refractivity contribution in [3.8, 4) is 0 Å².